The van der Waals surface area contributed by atoms with E-state index < -0.39 is 6.04 Å². The summed E-state index contributed by atoms with van der Waals surface area (Å²) in [6, 6.07) is 25.4. The van der Waals surface area contributed by atoms with E-state index in [1.807, 2.05) is 84.9 Å². The molecule has 220 valence electrons. The molecule has 1 aliphatic rings. The van der Waals surface area contributed by atoms with Gasteiger partial charge in [0.05, 0.1) is 18.1 Å². The molecule has 1 atom stereocenters. The van der Waals surface area contributed by atoms with E-state index >= 15 is 0 Å². The van der Waals surface area contributed by atoms with Gasteiger partial charge >= 0.3 is 0 Å². The van der Waals surface area contributed by atoms with Gasteiger partial charge < -0.3 is 9.80 Å². The summed E-state index contributed by atoms with van der Waals surface area (Å²) >= 11 is 0. The van der Waals surface area contributed by atoms with Crippen LogP contribution < -0.4 is 0 Å². The van der Waals surface area contributed by atoms with E-state index in [4.69, 9.17) is 0 Å². The van der Waals surface area contributed by atoms with E-state index in [0.29, 0.717) is 19.5 Å². The summed E-state index contributed by atoms with van der Waals surface area (Å²) < 4.78 is 1.69. The van der Waals surface area contributed by atoms with Gasteiger partial charge in [-0.25, -0.2) is 0 Å². The maximum atomic E-state index is 14.4. The number of carbonyl (C=O) groups excluding carboxylic acids is 2. The molecule has 3 heterocycles. The minimum Gasteiger partial charge on any atom is -0.336 e. The van der Waals surface area contributed by atoms with Crippen molar-refractivity contribution in [3.05, 3.63) is 144 Å². The number of fused-ring (bicyclic) bond motifs is 1. The molecular weight excluding hydrogens is 548 g/mol. The maximum Gasteiger partial charge on any atom is 0.247 e. The first-order valence-corrected chi connectivity index (χ1v) is 14.8. The summed E-state index contributed by atoms with van der Waals surface area (Å²) in [4.78, 5) is 40.7. The summed E-state index contributed by atoms with van der Waals surface area (Å²) in [6.45, 7) is 1.41. The average molecular weight is 583 g/mol. The first kappa shape index (κ1) is 28.7. The Labute approximate surface area is 257 Å². The molecule has 44 heavy (non-hydrogen) atoms. The number of aromatic nitrogens is 4. The Bertz CT molecular complexity index is 1750. The van der Waals surface area contributed by atoms with Gasteiger partial charge in [-0.15, -0.1) is 0 Å². The molecule has 0 spiro atoms. The highest BCUT2D eigenvalue weighted by atomic mass is 16.2. The topological polar surface area (TPSA) is 84.2 Å². The Balaban J connectivity index is 1.34. The lowest BCUT2D eigenvalue weighted by Gasteiger charge is -2.37. The van der Waals surface area contributed by atoms with Gasteiger partial charge in [0.2, 0.25) is 11.8 Å². The predicted octanol–water partition coefficient (Wildman–Crippen LogP) is 5.12. The summed E-state index contributed by atoms with van der Waals surface area (Å²) in [5.74, 6) is -0.291. The monoisotopic (exact) mass is 582 g/mol. The fraction of sp³-hybridized carbons (Fsp3) is 0.194. The molecule has 0 aliphatic carbocycles. The van der Waals surface area contributed by atoms with Crippen molar-refractivity contribution in [1.29, 1.82) is 0 Å². The van der Waals surface area contributed by atoms with Crippen LogP contribution >= 0.6 is 0 Å². The van der Waals surface area contributed by atoms with Crippen LogP contribution in [0.25, 0.3) is 17.3 Å². The summed E-state index contributed by atoms with van der Waals surface area (Å²) in [7, 11) is 1.83. The zero-order chi connectivity index (χ0) is 30.3. The highest BCUT2D eigenvalue weighted by Crippen LogP contribution is 2.24. The van der Waals surface area contributed by atoms with Gasteiger partial charge in [0, 0.05) is 68.9 Å². The second-order valence-corrected chi connectivity index (χ2v) is 11.0. The van der Waals surface area contributed by atoms with Crippen LogP contribution in [0.3, 0.4) is 0 Å². The van der Waals surface area contributed by atoms with Gasteiger partial charge in [-0.05, 0) is 34.8 Å². The number of amides is 2. The first-order chi connectivity index (χ1) is 21.5. The van der Waals surface area contributed by atoms with Crippen molar-refractivity contribution in [3.8, 4) is 11.3 Å². The van der Waals surface area contributed by atoms with Crippen molar-refractivity contribution in [2.75, 3.05) is 6.54 Å². The van der Waals surface area contributed by atoms with Crippen LogP contribution in [-0.2, 0) is 42.6 Å². The van der Waals surface area contributed by atoms with E-state index in [2.05, 4.69) is 27.2 Å². The third-order valence-electron chi connectivity index (χ3n) is 7.97. The molecule has 8 nitrogen and oxygen atoms in total. The number of nitrogens with zero attached hydrogens (tertiary/aromatic N) is 6. The molecular formula is C36H34N6O2. The molecule has 0 bridgehead atoms. The zero-order valence-electron chi connectivity index (χ0n) is 24.7. The molecule has 6 rings (SSSR count). The molecule has 0 N–H and O–H groups in total. The van der Waals surface area contributed by atoms with E-state index in [1.165, 1.54) is 5.56 Å². The molecule has 8 heteroatoms. The third-order valence-corrected chi connectivity index (χ3v) is 7.97. The molecule has 5 aromatic rings. The average Bonchev–Trinajstić information content (AvgIpc) is 3.50. The van der Waals surface area contributed by atoms with E-state index in [0.717, 1.165) is 39.9 Å². The SMILES string of the molecule is Cn1cc(/C=C/C(=O)N(Cc2ccc(-c3cnccn3)cc2)[C@@H](Cc2ccccc2)C(=O)N2CCc3ccccc3C2)cn1. The second-order valence-electron chi connectivity index (χ2n) is 11.0. The van der Waals surface area contributed by atoms with Crippen molar-refractivity contribution in [3.63, 3.8) is 0 Å². The third kappa shape index (κ3) is 6.81. The van der Waals surface area contributed by atoms with Gasteiger partial charge in [-0.2, -0.15) is 5.10 Å². The van der Waals surface area contributed by atoms with Crippen molar-refractivity contribution < 1.29 is 9.59 Å². The molecule has 0 saturated carbocycles. The highest BCUT2D eigenvalue weighted by Gasteiger charge is 2.34. The van der Waals surface area contributed by atoms with Gasteiger partial charge in [0.25, 0.3) is 0 Å². The van der Waals surface area contributed by atoms with E-state index in [-0.39, 0.29) is 18.4 Å². The van der Waals surface area contributed by atoms with Crippen LogP contribution in [0.2, 0.25) is 0 Å². The number of hydrogen-bond acceptors (Lipinski definition) is 5. The Hall–Kier alpha value is -5.37. The van der Waals surface area contributed by atoms with Gasteiger partial charge in [-0.1, -0.05) is 78.9 Å². The Morgan fingerprint density at radius 2 is 1.68 bits per heavy atom. The van der Waals surface area contributed by atoms with Crippen LogP contribution in [0.4, 0.5) is 0 Å². The van der Waals surface area contributed by atoms with Gasteiger partial charge in [0.1, 0.15) is 6.04 Å². The van der Waals surface area contributed by atoms with E-state index in [1.54, 1.807) is 46.5 Å². The minimum absolute atomic E-state index is 0.0531. The second kappa shape index (κ2) is 13.3. The lowest BCUT2D eigenvalue weighted by molar-refractivity contribution is -0.144. The summed E-state index contributed by atoms with van der Waals surface area (Å²) in [5, 5.41) is 4.21. The van der Waals surface area contributed by atoms with Crippen molar-refractivity contribution in [1.82, 2.24) is 29.5 Å². The van der Waals surface area contributed by atoms with Crippen LogP contribution in [0, 0.1) is 0 Å². The molecule has 1 aliphatic heterocycles. The van der Waals surface area contributed by atoms with E-state index in [9.17, 15) is 9.59 Å². The van der Waals surface area contributed by atoms with Crippen molar-refractivity contribution in [2.45, 2.75) is 32.0 Å². The normalized spacial score (nSPS) is 13.4. The van der Waals surface area contributed by atoms with Crippen LogP contribution in [0.15, 0.2) is 116 Å². The highest BCUT2D eigenvalue weighted by molar-refractivity contribution is 5.95. The van der Waals surface area contributed by atoms with Crippen molar-refractivity contribution in [2.24, 2.45) is 7.05 Å². The fourth-order valence-electron chi connectivity index (χ4n) is 5.62. The number of hydrogen-bond donors (Lipinski definition) is 0. The molecule has 0 fully saturated rings. The molecule has 0 radical (unpaired) electrons. The number of benzene rings is 3. The number of rotatable bonds is 9. The quantitative estimate of drug-likeness (QED) is 0.226. The molecule has 3 aromatic carbocycles. The Morgan fingerprint density at radius 1 is 0.909 bits per heavy atom. The molecule has 2 aromatic heterocycles. The van der Waals surface area contributed by atoms with Crippen molar-refractivity contribution >= 4 is 17.9 Å². The Morgan fingerprint density at radius 3 is 2.41 bits per heavy atom. The smallest absolute Gasteiger partial charge is 0.247 e. The minimum atomic E-state index is -0.701. The van der Waals surface area contributed by atoms with Crippen LogP contribution in [0.5, 0.6) is 0 Å². The Kier molecular flexibility index (Phi) is 8.68. The lowest BCUT2D eigenvalue weighted by atomic mass is 9.97. The van der Waals surface area contributed by atoms with Crippen LogP contribution in [-0.4, -0.2) is 53.9 Å². The summed E-state index contributed by atoms with van der Waals surface area (Å²) in [6.07, 6.45) is 13.1. The fourth-order valence-corrected chi connectivity index (χ4v) is 5.62. The standard InChI is InChI=1S/C36H34N6O2/c1-40-24-29(22-39-40)13-16-35(43)42(25-28-11-14-31(15-12-28)33-23-37-18-19-38-33)34(21-27-7-3-2-4-8-27)36(44)41-20-17-30-9-5-6-10-32(30)26-41/h2-16,18-19,22-24,34H,17,20-21,25-26H2,1H3/b16-13+/t34-/m0/s1. The zero-order valence-corrected chi connectivity index (χ0v) is 24.7. The molecule has 2 amide bonds. The number of aryl methyl sites for hydroxylation is 1. The first-order valence-electron chi connectivity index (χ1n) is 14.8. The lowest BCUT2D eigenvalue weighted by Crippen LogP contribution is -2.52. The largest absolute Gasteiger partial charge is 0.336 e. The maximum absolute atomic E-state index is 14.4. The van der Waals surface area contributed by atoms with Gasteiger partial charge in [-0.3, -0.25) is 24.2 Å². The predicted molar refractivity (Wildman–Crippen MR) is 170 cm³/mol. The van der Waals surface area contributed by atoms with Crippen LogP contribution in [0.1, 0.15) is 27.8 Å². The molecule has 0 unspecified atom stereocenters. The number of carbonyl (C=O) groups is 2. The molecule has 0 saturated heterocycles. The summed E-state index contributed by atoms with van der Waals surface area (Å²) in [5.41, 5.74) is 6.85. The van der Waals surface area contributed by atoms with Gasteiger partial charge in [0.15, 0.2) is 0 Å².